The second kappa shape index (κ2) is 8.07. The van der Waals surface area contributed by atoms with Crippen LogP contribution in [-0.4, -0.2) is 31.1 Å². The van der Waals surface area contributed by atoms with E-state index in [1.807, 2.05) is 13.0 Å². The first-order chi connectivity index (χ1) is 9.13. The first-order valence-electron chi connectivity index (χ1n) is 6.61. The van der Waals surface area contributed by atoms with E-state index >= 15 is 0 Å². The topological polar surface area (TPSA) is 38.5 Å². The fourth-order valence-electron chi connectivity index (χ4n) is 2.25. The van der Waals surface area contributed by atoms with Crippen molar-refractivity contribution < 1.29 is 13.5 Å². The average Bonchev–Trinajstić information content (AvgIpc) is 2.39. The molecule has 0 aliphatic heterocycles. The van der Waals surface area contributed by atoms with E-state index in [0.29, 0.717) is 6.54 Å². The number of rotatable bonds is 8. The van der Waals surface area contributed by atoms with Crippen LogP contribution < -0.4 is 10.5 Å². The molecular formula is C14H22F2N2O. The molecule has 3 nitrogen and oxygen atoms in total. The lowest BCUT2D eigenvalue weighted by atomic mass is 10.0. The van der Waals surface area contributed by atoms with Gasteiger partial charge in [-0.3, -0.25) is 4.90 Å². The van der Waals surface area contributed by atoms with E-state index < -0.39 is 6.61 Å². The van der Waals surface area contributed by atoms with Gasteiger partial charge in [-0.15, -0.1) is 0 Å². The van der Waals surface area contributed by atoms with Gasteiger partial charge in [-0.2, -0.15) is 8.78 Å². The number of para-hydroxylation sites is 1. The van der Waals surface area contributed by atoms with Gasteiger partial charge >= 0.3 is 6.61 Å². The molecule has 2 N–H and O–H groups in total. The molecule has 108 valence electrons. The van der Waals surface area contributed by atoms with Crippen LogP contribution in [0.5, 0.6) is 5.75 Å². The van der Waals surface area contributed by atoms with Gasteiger partial charge in [0, 0.05) is 12.1 Å². The molecule has 0 saturated heterocycles. The largest absolute Gasteiger partial charge is 0.434 e. The molecule has 1 atom stereocenters. The van der Waals surface area contributed by atoms with E-state index in [2.05, 4.69) is 16.6 Å². The second-order valence-electron chi connectivity index (χ2n) is 4.30. The smallest absolute Gasteiger partial charge is 0.387 e. The summed E-state index contributed by atoms with van der Waals surface area (Å²) in [6.07, 6.45) is 0.988. The zero-order valence-electron chi connectivity index (χ0n) is 11.5. The van der Waals surface area contributed by atoms with Crippen LogP contribution in [0.1, 0.15) is 31.9 Å². The third kappa shape index (κ3) is 4.44. The predicted molar refractivity (Wildman–Crippen MR) is 72.4 cm³/mol. The van der Waals surface area contributed by atoms with E-state index in [-0.39, 0.29) is 11.8 Å². The zero-order valence-corrected chi connectivity index (χ0v) is 11.5. The standard InChI is InChI=1S/C14H22F2N2O/c1-3-9-18(4-2)12(10-17)11-7-5-6-8-13(11)19-14(15)16/h5-8,12,14H,3-4,9-10,17H2,1-2H3. The number of ether oxygens (including phenoxy) is 1. The zero-order chi connectivity index (χ0) is 14.3. The van der Waals surface area contributed by atoms with Crippen LogP contribution in [0.25, 0.3) is 0 Å². The minimum Gasteiger partial charge on any atom is -0.434 e. The van der Waals surface area contributed by atoms with Crippen molar-refractivity contribution in [1.29, 1.82) is 0 Å². The number of hydrogen-bond acceptors (Lipinski definition) is 3. The van der Waals surface area contributed by atoms with Gasteiger partial charge in [-0.05, 0) is 25.6 Å². The second-order valence-corrected chi connectivity index (χ2v) is 4.30. The number of nitrogens with zero attached hydrogens (tertiary/aromatic N) is 1. The minimum atomic E-state index is -2.82. The van der Waals surface area contributed by atoms with Crippen LogP contribution >= 0.6 is 0 Å². The fourth-order valence-corrected chi connectivity index (χ4v) is 2.25. The molecule has 1 unspecified atom stereocenters. The third-order valence-corrected chi connectivity index (χ3v) is 3.08. The Balaban J connectivity index is 3.02. The number of likely N-dealkylation sites (N-methyl/N-ethyl adjacent to an activating group) is 1. The quantitative estimate of drug-likeness (QED) is 0.790. The molecule has 1 aromatic carbocycles. The van der Waals surface area contributed by atoms with Crippen molar-refractivity contribution in [3.63, 3.8) is 0 Å². The van der Waals surface area contributed by atoms with Crippen LogP contribution in [0.4, 0.5) is 8.78 Å². The molecular weight excluding hydrogens is 250 g/mol. The summed E-state index contributed by atoms with van der Waals surface area (Å²) in [6, 6.07) is 6.76. The van der Waals surface area contributed by atoms with Gasteiger partial charge < -0.3 is 10.5 Å². The monoisotopic (exact) mass is 272 g/mol. The Kier molecular flexibility index (Phi) is 6.73. The van der Waals surface area contributed by atoms with Crippen molar-refractivity contribution >= 4 is 0 Å². The van der Waals surface area contributed by atoms with Crippen molar-refractivity contribution in [3.8, 4) is 5.75 Å². The van der Waals surface area contributed by atoms with Gasteiger partial charge in [0.25, 0.3) is 0 Å². The van der Waals surface area contributed by atoms with Crippen LogP contribution in [0.15, 0.2) is 24.3 Å². The van der Waals surface area contributed by atoms with E-state index in [1.54, 1.807) is 18.2 Å². The highest BCUT2D eigenvalue weighted by molar-refractivity contribution is 5.36. The lowest BCUT2D eigenvalue weighted by Gasteiger charge is -2.30. The van der Waals surface area contributed by atoms with Gasteiger partial charge in [-0.25, -0.2) is 0 Å². The van der Waals surface area contributed by atoms with Gasteiger partial charge in [0.05, 0.1) is 6.04 Å². The van der Waals surface area contributed by atoms with Crippen molar-refractivity contribution in [2.75, 3.05) is 19.6 Å². The summed E-state index contributed by atoms with van der Waals surface area (Å²) in [7, 11) is 0. The lowest BCUT2D eigenvalue weighted by Crippen LogP contribution is -2.34. The van der Waals surface area contributed by atoms with Crippen LogP contribution in [0.3, 0.4) is 0 Å². The maximum atomic E-state index is 12.4. The Labute approximate surface area is 113 Å². The van der Waals surface area contributed by atoms with Gasteiger partial charge in [0.15, 0.2) is 0 Å². The van der Waals surface area contributed by atoms with Crippen LogP contribution in [0.2, 0.25) is 0 Å². The molecule has 0 heterocycles. The fraction of sp³-hybridized carbons (Fsp3) is 0.571. The molecule has 0 bridgehead atoms. The molecule has 0 aliphatic carbocycles. The molecule has 5 heteroatoms. The molecule has 0 amide bonds. The Morgan fingerprint density at radius 2 is 1.95 bits per heavy atom. The number of alkyl halides is 2. The maximum absolute atomic E-state index is 12.4. The van der Waals surface area contributed by atoms with Gasteiger partial charge in [-0.1, -0.05) is 32.0 Å². The average molecular weight is 272 g/mol. The third-order valence-electron chi connectivity index (χ3n) is 3.08. The Morgan fingerprint density at radius 3 is 2.47 bits per heavy atom. The lowest BCUT2D eigenvalue weighted by molar-refractivity contribution is -0.0511. The van der Waals surface area contributed by atoms with E-state index in [0.717, 1.165) is 25.1 Å². The molecule has 0 aromatic heterocycles. The molecule has 1 rings (SSSR count). The highest BCUT2D eigenvalue weighted by Crippen LogP contribution is 2.29. The summed E-state index contributed by atoms with van der Waals surface area (Å²) < 4.78 is 29.4. The molecule has 0 aliphatic rings. The molecule has 1 aromatic rings. The Hall–Kier alpha value is -1.20. The molecule has 0 fully saturated rings. The van der Waals surface area contributed by atoms with E-state index in [1.165, 1.54) is 0 Å². The molecule has 0 saturated carbocycles. The first kappa shape index (κ1) is 15.9. The Morgan fingerprint density at radius 1 is 1.26 bits per heavy atom. The summed E-state index contributed by atoms with van der Waals surface area (Å²) in [5.74, 6) is 0.211. The molecule has 0 spiro atoms. The summed E-state index contributed by atoms with van der Waals surface area (Å²) in [4.78, 5) is 2.17. The maximum Gasteiger partial charge on any atom is 0.387 e. The van der Waals surface area contributed by atoms with Crippen molar-refractivity contribution in [2.45, 2.75) is 32.9 Å². The predicted octanol–water partition coefficient (Wildman–Crippen LogP) is 3.02. The molecule has 0 radical (unpaired) electrons. The number of halogens is 2. The van der Waals surface area contributed by atoms with Gasteiger partial charge in [0.2, 0.25) is 0 Å². The van der Waals surface area contributed by atoms with Crippen molar-refractivity contribution in [2.24, 2.45) is 5.73 Å². The van der Waals surface area contributed by atoms with E-state index in [4.69, 9.17) is 5.73 Å². The highest BCUT2D eigenvalue weighted by atomic mass is 19.3. The summed E-state index contributed by atoms with van der Waals surface area (Å²) >= 11 is 0. The minimum absolute atomic E-state index is 0.0973. The van der Waals surface area contributed by atoms with Gasteiger partial charge in [0.1, 0.15) is 5.75 Å². The van der Waals surface area contributed by atoms with Crippen molar-refractivity contribution in [3.05, 3.63) is 29.8 Å². The van der Waals surface area contributed by atoms with Crippen LogP contribution in [0, 0.1) is 0 Å². The molecule has 19 heavy (non-hydrogen) atoms. The van der Waals surface area contributed by atoms with E-state index in [9.17, 15) is 8.78 Å². The first-order valence-corrected chi connectivity index (χ1v) is 6.61. The number of hydrogen-bond donors (Lipinski definition) is 1. The Bertz CT molecular complexity index is 374. The van der Waals surface area contributed by atoms with Crippen molar-refractivity contribution in [1.82, 2.24) is 4.90 Å². The summed E-state index contributed by atoms with van der Waals surface area (Å²) in [5.41, 5.74) is 6.55. The number of benzene rings is 1. The summed E-state index contributed by atoms with van der Waals surface area (Å²) in [5, 5.41) is 0. The summed E-state index contributed by atoms with van der Waals surface area (Å²) in [6.45, 7) is 3.37. The highest BCUT2D eigenvalue weighted by Gasteiger charge is 2.21. The van der Waals surface area contributed by atoms with Crippen LogP contribution in [-0.2, 0) is 0 Å². The SMILES string of the molecule is CCCN(CC)C(CN)c1ccccc1OC(F)F. The normalized spacial score (nSPS) is 13.0. The number of nitrogens with two attached hydrogens (primary N) is 1.